The van der Waals surface area contributed by atoms with Crippen molar-refractivity contribution in [3.05, 3.63) is 65.3 Å². The molecule has 0 radical (unpaired) electrons. The topological polar surface area (TPSA) is 55.7 Å². The van der Waals surface area contributed by atoms with Crippen molar-refractivity contribution in [2.45, 2.75) is 12.6 Å². The van der Waals surface area contributed by atoms with E-state index in [1.165, 1.54) is 11.3 Å². The quantitative estimate of drug-likeness (QED) is 0.734. The maximum Gasteiger partial charge on any atom is 0.323 e. The molecule has 3 aromatic rings. The summed E-state index contributed by atoms with van der Waals surface area (Å²) in [4.78, 5) is 14.9. The molecule has 3 heterocycles. The average molecular weight is 383 g/mol. The number of carbonyl (C=O) groups is 1. The number of urea groups is 1. The Labute approximate surface area is 161 Å². The van der Waals surface area contributed by atoms with E-state index in [0.717, 1.165) is 34.3 Å². The molecule has 0 unspecified atom stereocenters. The second-order valence-electron chi connectivity index (χ2n) is 6.24. The summed E-state index contributed by atoms with van der Waals surface area (Å²) in [7, 11) is 3.28. The number of hydrogen-bond acceptors (Lipinski definition) is 4. The lowest BCUT2D eigenvalue weighted by Gasteiger charge is -2.37. The number of carbonyl (C=O) groups excluding carboxylic acids is 1. The zero-order valence-corrected chi connectivity index (χ0v) is 16.0. The van der Waals surface area contributed by atoms with Gasteiger partial charge in [0.05, 0.1) is 19.2 Å². The number of nitrogens with one attached hydrogen (secondary N) is 1. The molecule has 0 saturated heterocycles. The van der Waals surface area contributed by atoms with Crippen molar-refractivity contribution in [2.75, 3.05) is 26.1 Å². The fraction of sp³-hybridized carbons (Fsp3) is 0.250. The van der Waals surface area contributed by atoms with E-state index in [9.17, 15) is 4.79 Å². The molecule has 1 N–H and O–H groups in total. The molecule has 6 nitrogen and oxygen atoms in total. The maximum atomic E-state index is 13.1. The van der Waals surface area contributed by atoms with Crippen LogP contribution in [0.4, 0.5) is 9.80 Å². The lowest BCUT2D eigenvalue weighted by molar-refractivity contribution is 0.180. The minimum atomic E-state index is -0.265. The number of amides is 2. The summed E-state index contributed by atoms with van der Waals surface area (Å²) in [5, 5.41) is 5.78. The van der Waals surface area contributed by atoms with Crippen LogP contribution < -0.4 is 14.8 Å². The number of hydrogen-bond donors (Lipinski definition) is 1. The van der Waals surface area contributed by atoms with E-state index >= 15 is 0 Å². The first kappa shape index (κ1) is 17.5. The summed E-state index contributed by atoms with van der Waals surface area (Å²) in [5.74, 6) is 1.46. The lowest BCUT2D eigenvalue weighted by atomic mass is 9.98. The monoisotopic (exact) mass is 383 g/mol. The number of methoxy groups -OCH3 is 2. The van der Waals surface area contributed by atoms with Gasteiger partial charge in [-0.2, -0.15) is 0 Å². The van der Waals surface area contributed by atoms with E-state index in [0.29, 0.717) is 6.54 Å². The second kappa shape index (κ2) is 7.36. The second-order valence-corrected chi connectivity index (χ2v) is 7.19. The lowest BCUT2D eigenvalue weighted by Crippen LogP contribution is -2.44. The first-order valence-corrected chi connectivity index (χ1v) is 9.57. The molecule has 0 fully saturated rings. The third kappa shape index (κ3) is 3.26. The van der Waals surface area contributed by atoms with Gasteiger partial charge in [-0.25, -0.2) is 4.79 Å². The van der Waals surface area contributed by atoms with Gasteiger partial charge >= 0.3 is 6.03 Å². The molecule has 2 aromatic heterocycles. The highest BCUT2D eigenvalue weighted by Crippen LogP contribution is 2.39. The third-order valence-corrected chi connectivity index (χ3v) is 5.57. The van der Waals surface area contributed by atoms with E-state index < -0.39 is 0 Å². The molecule has 0 bridgehead atoms. The highest BCUT2D eigenvalue weighted by molar-refractivity contribution is 7.14. The molecule has 27 heavy (non-hydrogen) atoms. The first-order valence-electron chi connectivity index (χ1n) is 8.69. The van der Waals surface area contributed by atoms with Crippen molar-refractivity contribution in [3.63, 3.8) is 0 Å². The van der Waals surface area contributed by atoms with Crippen LogP contribution in [0.2, 0.25) is 0 Å². The van der Waals surface area contributed by atoms with Crippen LogP contribution in [0.15, 0.2) is 54.0 Å². The van der Waals surface area contributed by atoms with Crippen LogP contribution in [-0.4, -0.2) is 36.3 Å². The summed E-state index contributed by atoms with van der Waals surface area (Å²) in [6, 6.07) is 13.2. The van der Waals surface area contributed by atoms with E-state index in [1.807, 2.05) is 58.9 Å². The average Bonchev–Trinajstić information content (AvgIpc) is 3.38. The Bertz CT molecular complexity index is 936. The highest BCUT2D eigenvalue weighted by atomic mass is 32.1. The zero-order valence-electron chi connectivity index (χ0n) is 15.2. The molecule has 1 aliphatic rings. The number of thiophene rings is 1. The number of rotatable bonds is 4. The molecular formula is C20H21N3O3S. The molecule has 7 heteroatoms. The molecule has 4 rings (SSSR count). The molecular weight excluding hydrogens is 362 g/mol. The van der Waals surface area contributed by atoms with Crippen LogP contribution in [0, 0.1) is 0 Å². The van der Waals surface area contributed by atoms with Crippen LogP contribution in [0.1, 0.15) is 17.3 Å². The van der Waals surface area contributed by atoms with Gasteiger partial charge in [0, 0.05) is 30.5 Å². The van der Waals surface area contributed by atoms with Gasteiger partial charge in [-0.3, -0.25) is 5.32 Å². The van der Waals surface area contributed by atoms with Gasteiger partial charge in [-0.1, -0.05) is 0 Å². The van der Waals surface area contributed by atoms with Crippen LogP contribution >= 0.6 is 11.3 Å². The van der Waals surface area contributed by atoms with Crippen molar-refractivity contribution in [2.24, 2.45) is 0 Å². The number of nitrogens with zero attached hydrogens (tertiary/aromatic N) is 2. The Morgan fingerprint density at radius 1 is 1.15 bits per heavy atom. The van der Waals surface area contributed by atoms with Crippen LogP contribution in [0.5, 0.6) is 11.5 Å². The van der Waals surface area contributed by atoms with Crippen LogP contribution in [0.3, 0.4) is 0 Å². The number of ether oxygens (including phenoxy) is 2. The van der Waals surface area contributed by atoms with Gasteiger partial charge in [0.1, 0.15) is 17.5 Å². The predicted molar refractivity (Wildman–Crippen MR) is 106 cm³/mol. The molecule has 1 aliphatic heterocycles. The van der Waals surface area contributed by atoms with Crippen LogP contribution in [0.25, 0.3) is 0 Å². The van der Waals surface area contributed by atoms with E-state index in [4.69, 9.17) is 9.47 Å². The molecule has 1 atom stereocenters. The van der Waals surface area contributed by atoms with Gasteiger partial charge in [0.25, 0.3) is 0 Å². The molecule has 0 saturated carbocycles. The van der Waals surface area contributed by atoms with Gasteiger partial charge in [-0.05, 0) is 47.8 Å². The largest absolute Gasteiger partial charge is 0.497 e. The fourth-order valence-corrected chi connectivity index (χ4v) is 4.12. The number of benzene rings is 1. The Morgan fingerprint density at radius 2 is 2.04 bits per heavy atom. The minimum Gasteiger partial charge on any atom is -0.497 e. The fourth-order valence-electron chi connectivity index (χ4n) is 3.51. The van der Waals surface area contributed by atoms with Crippen molar-refractivity contribution in [3.8, 4) is 11.5 Å². The van der Waals surface area contributed by atoms with Crippen molar-refractivity contribution >= 4 is 22.4 Å². The first-order chi connectivity index (χ1) is 13.2. The summed E-state index contributed by atoms with van der Waals surface area (Å²) < 4.78 is 13.2. The van der Waals surface area contributed by atoms with Crippen molar-refractivity contribution < 1.29 is 14.3 Å². The third-order valence-electron chi connectivity index (χ3n) is 4.78. The Morgan fingerprint density at radius 3 is 2.78 bits per heavy atom. The van der Waals surface area contributed by atoms with Crippen LogP contribution in [-0.2, 0) is 6.54 Å². The Kier molecular flexibility index (Phi) is 4.77. The predicted octanol–water partition coefficient (Wildman–Crippen LogP) is 4.20. The number of anilines is 1. The van der Waals surface area contributed by atoms with Crippen molar-refractivity contribution in [1.82, 2.24) is 9.47 Å². The summed E-state index contributed by atoms with van der Waals surface area (Å²) >= 11 is 1.50. The molecule has 140 valence electrons. The standard InChI is InChI=1S/C20H21N3O3S/c1-25-14-7-8-17(26-2)15(13-14)19-16-5-3-9-22(16)10-11-23(19)20(24)21-18-6-4-12-27-18/h3-9,12-13,19H,10-11H2,1-2H3,(H,21,24)/t19-/m0/s1. The Balaban J connectivity index is 1.77. The summed E-state index contributed by atoms with van der Waals surface area (Å²) in [6.07, 6.45) is 2.05. The van der Waals surface area contributed by atoms with E-state index in [1.54, 1.807) is 14.2 Å². The smallest absolute Gasteiger partial charge is 0.323 e. The molecule has 2 amide bonds. The number of fused-ring (bicyclic) bond motifs is 1. The van der Waals surface area contributed by atoms with Crippen molar-refractivity contribution in [1.29, 1.82) is 0 Å². The summed E-state index contributed by atoms with van der Waals surface area (Å²) in [6.45, 7) is 1.35. The molecule has 0 aliphatic carbocycles. The van der Waals surface area contributed by atoms with Gasteiger partial charge < -0.3 is 18.9 Å². The Hall–Kier alpha value is -2.93. The van der Waals surface area contributed by atoms with Gasteiger partial charge in [0.15, 0.2) is 0 Å². The molecule has 1 aromatic carbocycles. The highest BCUT2D eigenvalue weighted by Gasteiger charge is 2.34. The van der Waals surface area contributed by atoms with E-state index in [-0.39, 0.29) is 12.1 Å². The normalized spacial score (nSPS) is 15.9. The maximum absolute atomic E-state index is 13.1. The summed E-state index contributed by atoms with van der Waals surface area (Å²) in [5.41, 5.74) is 1.95. The molecule has 0 spiro atoms. The van der Waals surface area contributed by atoms with E-state index in [2.05, 4.69) is 9.88 Å². The zero-order chi connectivity index (χ0) is 18.8. The SMILES string of the molecule is COc1ccc(OC)c([C@H]2c3cccn3CCN2C(=O)Nc2cccs2)c1. The number of aromatic nitrogens is 1. The minimum absolute atomic E-state index is 0.125. The van der Waals surface area contributed by atoms with Gasteiger partial charge in [-0.15, -0.1) is 11.3 Å². The van der Waals surface area contributed by atoms with Gasteiger partial charge in [0.2, 0.25) is 0 Å².